The van der Waals surface area contributed by atoms with Gasteiger partial charge in [0.1, 0.15) is 5.00 Å². The number of carbonyl (C=O) groups is 2. The average Bonchev–Trinajstić information content (AvgIpc) is 2.81. The largest absolute Gasteiger partial charge is 0.462 e. The highest BCUT2D eigenvalue weighted by atomic mass is 32.2. The van der Waals surface area contributed by atoms with Crippen LogP contribution in [0.5, 0.6) is 0 Å². The Morgan fingerprint density at radius 3 is 2.46 bits per heavy atom. The number of carbonyl (C=O) groups excluding carboxylic acids is 2. The summed E-state index contributed by atoms with van der Waals surface area (Å²) in [4.78, 5) is 26.4. The maximum absolute atomic E-state index is 12.2. The first-order chi connectivity index (χ1) is 11.4. The minimum absolute atomic E-state index is 0.132. The van der Waals surface area contributed by atoms with Gasteiger partial charge in [-0.15, -0.1) is 23.1 Å². The summed E-state index contributed by atoms with van der Waals surface area (Å²) < 4.78 is 5.10. The van der Waals surface area contributed by atoms with E-state index in [9.17, 15) is 9.59 Å². The van der Waals surface area contributed by atoms with Crippen molar-refractivity contribution >= 4 is 40.0 Å². The fourth-order valence-electron chi connectivity index (χ4n) is 2.11. The molecule has 0 fully saturated rings. The molecule has 0 aliphatic heterocycles. The summed E-state index contributed by atoms with van der Waals surface area (Å²) in [6, 6.07) is 8.03. The van der Waals surface area contributed by atoms with Crippen molar-refractivity contribution in [2.45, 2.75) is 32.6 Å². The summed E-state index contributed by atoms with van der Waals surface area (Å²) in [5, 5.41) is 3.42. The van der Waals surface area contributed by atoms with E-state index in [0.717, 1.165) is 15.3 Å². The van der Waals surface area contributed by atoms with Crippen LogP contribution >= 0.6 is 23.1 Å². The van der Waals surface area contributed by atoms with Gasteiger partial charge in [-0.1, -0.05) is 17.7 Å². The summed E-state index contributed by atoms with van der Waals surface area (Å²) in [5.41, 5.74) is 2.51. The van der Waals surface area contributed by atoms with Gasteiger partial charge in [-0.3, -0.25) is 4.79 Å². The number of ether oxygens (including phenoxy) is 1. The van der Waals surface area contributed by atoms with Crippen LogP contribution in [0.1, 0.15) is 33.3 Å². The molecule has 6 heteroatoms. The lowest BCUT2D eigenvalue weighted by Crippen LogP contribution is -2.16. The number of thiophene rings is 1. The van der Waals surface area contributed by atoms with E-state index in [4.69, 9.17) is 4.74 Å². The first-order valence-electron chi connectivity index (χ1n) is 7.68. The second-order valence-electron chi connectivity index (χ2n) is 5.36. The van der Waals surface area contributed by atoms with Crippen LogP contribution in [0.4, 0.5) is 5.00 Å². The topological polar surface area (TPSA) is 55.4 Å². The van der Waals surface area contributed by atoms with Crippen molar-refractivity contribution in [1.29, 1.82) is 0 Å². The quantitative estimate of drug-likeness (QED) is 0.603. The van der Waals surface area contributed by atoms with Crippen LogP contribution in [0, 0.1) is 20.8 Å². The molecule has 1 N–H and O–H groups in total. The molecule has 0 aliphatic rings. The predicted octanol–water partition coefficient (Wildman–Crippen LogP) is 4.58. The monoisotopic (exact) mass is 363 g/mol. The number of hydrogen-bond acceptors (Lipinski definition) is 5. The summed E-state index contributed by atoms with van der Waals surface area (Å²) >= 11 is 2.87. The standard InChI is InChI=1S/C18H21NO3S2/c1-5-22-18(21)16-12(3)13(4)24-17(16)19-15(20)10-23-14-8-6-11(2)7-9-14/h6-9H,5,10H2,1-4H3,(H,19,20). The van der Waals surface area contributed by atoms with Crippen molar-refractivity contribution in [2.75, 3.05) is 17.7 Å². The Hall–Kier alpha value is -1.79. The Balaban J connectivity index is 2.04. The third-order valence-corrected chi connectivity index (χ3v) is 5.64. The van der Waals surface area contributed by atoms with Gasteiger partial charge in [0.2, 0.25) is 5.91 Å². The molecular formula is C18H21NO3S2. The van der Waals surface area contributed by atoms with Crippen molar-refractivity contribution in [3.05, 3.63) is 45.8 Å². The molecule has 0 aliphatic carbocycles. The lowest BCUT2D eigenvalue weighted by molar-refractivity contribution is -0.113. The van der Waals surface area contributed by atoms with Crippen LogP contribution in [-0.4, -0.2) is 24.2 Å². The van der Waals surface area contributed by atoms with E-state index >= 15 is 0 Å². The molecule has 0 saturated heterocycles. The lowest BCUT2D eigenvalue weighted by Gasteiger charge is -2.07. The molecule has 1 aromatic heterocycles. The highest BCUT2D eigenvalue weighted by molar-refractivity contribution is 8.00. The van der Waals surface area contributed by atoms with Crippen molar-refractivity contribution < 1.29 is 14.3 Å². The number of thioether (sulfide) groups is 1. The van der Waals surface area contributed by atoms with Crippen molar-refractivity contribution in [2.24, 2.45) is 0 Å². The maximum Gasteiger partial charge on any atom is 0.341 e. The Labute approximate surface area is 150 Å². The van der Waals surface area contributed by atoms with Gasteiger partial charge in [-0.05, 0) is 45.4 Å². The summed E-state index contributed by atoms with van der Waals surface area (Å²) in [6.45, 7) is 7.90. The van der Waals surface area contributed by atoms with Gasteiger partial charge in [0, 0.05) is 9.77 Å². The molecule has 1 heterocycles. The van der Waals surface area contributed by atoms with Crippen molar-refractivity contribution in [3.63, 3.8) is 0 Å². The van der Waals surface area contributed by atoms with Crippen molar-refractivity contribution in [3.8, 4) is 0 Å². The molecule has 128 valence electrons. The van der Waals surface area contributed by atoms with E-state index in [1.165, 1.54) is 28.7 Å². The number of anilines is 1. The van der Waals surface area contributed by atoms with Gasteiger partial charge in [0.15, 0.2) is 0 Å². The second-order valence-corrected chi connectivity index (χ2v) is 7.63. The third-order valence-electron chi connectivity index (χ3n) is 3.51. The van der Waals surface area contributed by atoms with E-state index in [1.807, 2.05) is 45.0 Å². The van der Waals surface area contributed by atoms with Gasteiger partial charge in [0.25, 0.3) is 0 Å². The molecule has 4 nitrogen and oxygen atoms in total. The zero-order valence-electron chi connectivity index (χ0n) is 14.3. The molecule has 1 aromatic carbocycles. The van der Waals surface area contributed by atoms with E-state index in [1.54, 1.807) is 6.92 Å². The Kier molecular flexibility index (Phi) is 6.45. The molecule has 0 atom stereocenters. The van der Waals surface area contributed by atoms with E-state index in [2.05, 4.69) is 5.32 Å². The van der Waals surface area contributed by atoms with Gasteiger partial charge >= 0.3 is 5.97 Å². The molecular weight excluding hydrogens is 342 g/mol. The van der Waals surface area contributed by atoms with Crippen LogP contribution < -0.4 is 5.32 Å². The summed E-state index contributed by atoms with van der Waals surface area (Å²) in [5.74, 6) is -0.227. The van der Waals surface area contributed by atoms with Crippen LogP contribution in [0.15, 0.2) is 29.2 Å². The van der Waals surface area contributed by atoms with Gasteiger partial charge in [-0.25, -0.2) is 4.79 Å². The Morgan fingerprint density at radius 2 is 1.83 bits per heavy atom. The van der Waals surface area contributed by atoms with Gasteiger partial charge in [0.05, 0.1) is 17.9 Å². The average molecular weight is 364 g/mol. The van der Waals surface area contributed by atoms with Crippen molar-refractivity contribution in [1.82, 2.24) is 0 Å². The fourth-order valence-corrected chi connectivity index (χ4v) is 3.87. The zero-order chi connectivity index (χ0) is 17.7. The van der Waals surface area contributed by atoms with E-state index in [-0.39, 0.29) is 11.9 Å². The minimum Gasteiger partial charge on any atom is -0.462 e. The molecule has 2 rings (SSSR count). The molecule has 2 aromatic rings. The Bertz CT molecular complexity index is 735. The number of amides is 1. The molecule has 0 unspecified atom stereocenters. The van der Waals surface area contributed by atoms with E-state index in [0.29, 0.717) is 22.9 Å². The third kappa shape index (κ3) is 4.61. The van der Waals surface area contributed by atoms with Crippen LogP contribution in [-0.2, 0) is 9.53 Å². The lowest BCUT2D eigenvalue weighted by atomic mass is 10.1. The van der Waals surface area contributed by atoms with Crippen LogP contribution in [0.2, 0.25) is 0 Å². The van der Waals surface area contributed by atoms with Crippen LogP contribution in [0.3, 0.4) is 0 Å². The molecule has 0 saturated carbocycles. The highest BCUT2D eigenvalue weighted by Gasteiger charge is 2.21. The molecule has 24 heavy (non-hydrogen) atoms. The SMILES string of the molecule is CCOC(=O)c1c(NC(=O)CSc2ccc(C)cc2)sc(C)c1C. The molecule has 1 amide bonds. The molecule has 0 spiro atoms. The number of esters is 1. The first kappa shape index (κ1) is 18.5. The minimum atomic E-state index is -0.388. The first-order valence-corrected chi connectivity index (χ1v) is 9.49. The number of benzene rings is 1. The zero-order valence-corrected chi connectivity index (χ0v) is 15.9. The maximum atomic E-state index is 12.2. The number of rotatable bonds is 6. The highest BCUT2D eigenvalue weighted by Crippen LogP contribution is 2.33. The summed E-state index contributed by atoms with van der Waals surface area (Å²) in [7, 11) is 0. The smallest absolute Gasteiger partial charge is 0.341 e. The van der Waals surface area contributed by atoms with Gasteiger partial charge in [-0.2, -0.15) is 0 Å². The normalized spacial score (nSPS) is 10.5. The predicted molar refractivity (Wildman–Crippen MR) is 100 cm³/mol. The molecule has 0 bridgehead atoms. The number of aryl methyl sites for hydroxylation is 2. The second kappa shape index (κ2) is 8.35. The van der Waals surface area contributed by atoms with Crippen LogP contribution in [0.25, 0.3) is 0 Å². The number of nitrogens with one attached hydrogen (secondary N) is 1. The van der Waals surface area contributed by atoms with Gasteiger partial charge < -0.3 is 10.1 Å². The summed E-state index contributed by atoms with van der Waals surface area (Å²) in [6.07, 6.45) is 0. The molecule has 0 radical (unpaired) electrons. The fraction of sp³-hybridized carbons (Fsp3) is 0.333. The Morgan fingerprint density at radius 1 is 1.17 bits per heavy atom. The number of hydrogen-bond donors (Lipinski definition) is 1. The van der Waals surface area contributed by atoms with E-state index < -0.39 is 0 Å².